The summed E-state index contributed by atoms with van der Waals surface area (Å²) in [4.78, 5) is 8.58. The number of halogens is 2. The quantitative estimate of drug-likeness (QED) is 0.560. The summed E-state index contributed by atoms with van der Waals surface area (Å²) in [5.41, 5.74) is 3.62. The lowest BCUT2D eigenvalue weighted by Gasteiger charge is -2.15. The van der Waals surface area contributed by atoms with Crippen LogP contribution in [0.1, 0.15) is 18.1 Å². The number of sulfonamides is 1. The monoisotopic (exact) mass is 455 g/mol. The van der Waals surface area contributed by atoms with Crippen molar-refractivity contribution in [1.82, 2.24) is 19.3 Å². The number of aromatic nitrogens is 3. The van der Waals surface area contributed by atoms with Gasteiger partial charge in [-0.3, -0.25) is 9.55 Å². The summed E-state index contributed by atoms with van der Waals surface area (Å²) < 4.78 is 54.1. The van der Waals surface area contributed by atoms with Crippen LogP contribution in [0, 0.1) is 11.3 Å². The molecule has 0 aliphatic heterocycles. The minimum Gasteiger partial charge on any atom is -0.291 e. The van der Waals surface area contributed by atoms with Crippen LogP contribution in [-0.2, 0) is 16.4 Å². The number of pyridine rings is 2. The van der Waals surface area contributed by atoms with Crippen molar-refractivity contribution in [2.45, 2.75) is 24.3 Å². The van der Waals surface area contributed by atoms with Gasteiger partial charge in [-0.25, -0.2) is 26.9 Å². The van der Waals surface area contributed by atoms with Crippen LogP contribution in [0.5, 0.6) is 0 Å². The Morgan fingerprint density at radius 3 is 2.50 bits per heavy atom. The summed E-state index contributed by atoms with van der Waals surface area (Å²) in [6, 6.07) is 5.45. The van der Waals surface area contributed by atoms with E-state index in [4.69, 9.17) is 0 Å². The molecule has 0 atom stereocenters. The zero-order valence-electron chi connectivity index (χ0n) is 17.1. The molecule has 1 aliphatic rings. The van der Waals surface area contributed by atoms with E-state index in [0.29, 0.717) is 28.0 Å². The molecule has 0 radical (unpaired) electrons. The van der Waals surface area contributed by atoms with E-state index >= 15 is 0 Å². The normalized spacial score (nSPS) is 13.3. The Morgan fingerprint density at radius 2 is 1.97 bits per heavy atom. The number of rotatable bonds is 8. The zero-order valence-corrected chi connectivity index (χ0v) is 17.9. The molecule has 0 amide bonds. The Kier molecular flexibility index (Phi) is 5.86. The van der Waals surface area contributed by atoms with Crippen LogP contribution in [-0.4, -0.2) is 42.3 Å². The van der Waals surface area contributed by atoms with Crippen molar-refractivity contribution < 1.29 is 17.2 Å². The van der Waals surface area contributed by atoms with E-state index in [1.54, 1.807) is 6.20 Å². The van der Waals surface area contributed by atoms with Crippen LogP contribution in [0.25, 0.3) is 28.1 Å². The molecular formula is C22H19F2N5O2S. The van der Waals surface area contributed by atoms with E-state index in [-0.39, 0.29) is 4.90 Å². The van der Waals surface area contributed by atoms with Gasteiger partial charge in [0.05, 0.1) is 23.0 Å². The number of hydrogen-bond acceptors (Lipinski definition) is 5. The number of nitrogens with one attached hydrogen (secondary N) is 1. The minimum atomic E-state index is -4.15. The van der Waals surface area contributed by atoms with Gasteiger partial charge >= 0.3 is 0 Å². The van der Waals surface area contributed by atoms with Gasteiger partial charge in [-0.2, -0.15) is 5.26 Å². The molecule has 10 heteroatoms. The number of nitriles is 1. The van der Waals surface area contributed by atoms with Gasteiger partial charge in [0.2, 0.25) is 10.0 Å². The number of aryl methyl sites for hydroxylation is 1. The van der Waals surface area contributed by atoms with Crippen molar-refractivity contribution in [3.63, 3.8) is 0 Å². The van der Waals surface area contributed by atoms with E-state index in [0.717, 1.165) is 23.9 Å². The van der Waals surface area contributed by atoms with Gasteiger partial charge in [0.1, 0.15) is 30.0 Å². The Labute approximate surface area is 183 Å². The lowest BCUT2D eigenvalue weighted by Crippen LogP contribution is -2.37. The van der Waals surface area contributed by atoms with Crippen LogP contribution in [0.4, 0.5) is 8.78 Å². The highest BCUT2D eigenvalue weighted by Crippen LogP contribution is 2.36. The summed E-state index contributed by atoms with van der Waals surface area (Å²) in [5.74, 6) is 0. The molecule has 0 saturated carbocycles. The summed E-state index contributed by atoms with van der Waals surface area (Å²) in [6.07, 6.45) is 9.22. The zero-order chi connectivity index (χ0) is 22.9. The number of fused-ring (bicyclic) bond motifs is 1. The molecule has 0 saturated heterocycles. The van der Waals surface area contributed by atoms with E-state index in [9.17, 15) is 22.5 Å². The molecular weight excluding hydrogens is 436 g/mol. The maximum atomic E-state index is 12.8. The molecule has 3 aromatic rings. The number of hydrogen-bond donors (Lipinski definition) is 1. The fraction of sp³-hybridized carbons (Fsp3) is 0.227. The molecule has 164 valence electrons. The molecule has 0 unspecified atom stereocenters. The van der Waals surface area contributed by atoms with E-state index in [1.165, 1.54) is 12.1 Å². The standard InChI is InChI=1S/C22H19F2N5O2S/c1-2-14-8-18-19(11-25)21(29(16-4-3-5-16)22(18)27-12-14)20-7-6-17(13-26-20)32(30,31)28-15(9-23)10-24/h3-8,12-13,15,28H,2,9-10H2,1H3. The third-order valence-electron chi connectivity index (χ3n) is 5.16. The Morgan fingerprint density at radius 1 is 1.22 bits per heavy atom. The van der Waals surface area contributed by atoms with E-state index in [2.05, 4.69) is 16.0 Å². The Balaban J connectivity index is 1.84. The van der Waals surface area contributed by atoms with E-state index < -0.39 is 29.4 Å². The van der Waals surface area contributed by atoms with Crippen LogP contribution in [0.2, 0.25) is 0 Å². The van der Waals surface area contributed by atoms with Gasteiger partial charge in [-0.1, -0.05) is 13.0 Å². The van der Waals surface area contributed by atoms with Crippen molar-refractivity contribution in [3.8, 4) is 17.5 Å². The fourth-order valence-corrected chi connectivity index (χ4v) is 4.55. The number of alkyl halides is 2. The summed E-state index contributed by atoms with van der Waals surface area (Å²) in [5, 5.41) is 10.6. The van der Waals surface area contributed by atoms with Crippen LogP contribution in [0.15, 0.2) is 53.7 Å². The first-order valence-electron chi connectivity index (χ1n) is 9.86. The second kappa shape index (κ2) is 8.61. The molecule has 3 heterocycles. The van der Waals surface area contributed by atoms with Gasteiger partial charge in [0, 0.05) is 23.5 Å². The van der Waals surface area contributed by atoms with Crippen molar-refractivity contribution in [1.29, 1.82) is 5.26 Å². The molecule has 0 bridgehead atoms. The maximum absolute atomic E-state index is 12.8. The average molecular weight is 455 g/mol. The molecule has 3 aromatic heterocycles. The third-order valence-corrected chi connectivity index (χ3v) is 6.67. The number of allylic oxidation sites excluding steroid dienone is 4. The van der Waals surface area contributed by atoms with Crippen LogP contribution in [0.3, 0.4) is 0 Å². The maximum Gasteiger partial charge on any atom is 0.242 e. The first-order valence-corrected chi connectivity index (χ1v) is 11.3. The Hall–Kier alpha value is -3.42. The predicted molar refractivity (Wildman–Crippen MR) is 117 cm³/mol. The van der Waals surface area contributed by atoms with Crippen molar-refractivity contribution in [2.24, 2.45) is 0 Å². The largest absolute Gasteiger partial charge is 0.291 e. The first kappa shape index (κ1) is 21.8. The highest BCUT2D eigenvalue weighted by Gasteiger charge is 2.25. The molecule has 32 heavy (non-hydrogen) atoms. The van der Waals surface area contributed by atoms with Gasteiger partial charge in [-0.15, -0.1) is 0 Å². The average Bonchev–Trinajstić information content (AvgIpc) is 3.09. The molecule has 1 N–H and O–H groups in total. The third kappa shape index (κ3) is 3.70. The molecule has 0 aromatic carbocycles. The van der Waals surface area contributed by atoms with E-state index in [1.807, 2.05) is 40.5 Å². The molecule has 0 fully saturated rings. The molecule has 7 nitrogen and oxygen atoms in total. The van der Waals surface area contributed by atoms with Crippen molar-refractivity contribution in [2.75, 3.05) is 13.3 Å². The molecule has 4 rings (SSSR count). The second-order valence-electron chi connectivity index (χ2n) is 7.20. The number of nitrogens with zero attached hydrogens (tertiary/aromatic N) is 4. The summed E-state index contributed by atoms with van der Waals surface area (Å²) in [6.45, 7) is -0.334. The second-order valence-corrected chi connectivity index (χ2v) is 8.91. The SMILES string of the molecule is CCc1cnc2c(c1)c(C#N)c(-c1ccc(S(=O)(=O)NC(CF)CF)cn1)n2C1=CC=C1. The topological polar surface area (TPSA) is 101 Å². The van der Waals surface area contributed by atoms with Crippen LogP contribution < -0.4 is 4.72 Å². The molecule has 1 aliphatic carbocycles. The van der Waals surface area contributed by atoms with Crippen molar-refractivity contribution in [3.05, 3.63) is 59.9 Å². The smallest absolute Gasteiger partial charge is 0.242 e. The summed E-state index contributed by atoms with van der Waals surface area (Å²) in [7, 11) is -4.15. The predicted octanol–water partition coefficient (Wildman–Crippen LogP) is 3.53. The highest BCUT2D eigenvalue weighted by atomic mass is 32.2. The lowest BCUT2D eigenvalue weighted by atomic mass is 10.1. The fourth-order valence-electron chi connectivity index (χ4n) is 3.41. The molecule has 0 spiro atoms. The van der Waals surface area contributed by atoms with Gasteiger partial charge in [0.15, 0.2) is 0 Å². The Bertz CT molecular complexity index is 1380. The van der Waals surface area contributed by atoms with Crippen molar-refractivity contribution >= 4 is 26.8 Å². The van der Waals surface area contributed by atoms with Gasteiger partial charge in [-0.05, 0) is 42.3 Å². The van der Waals surface area contributed by atoms with Gasteiger partial charge in [0.25, 0.3) is 0 Å². The lowest BCUT2D eigenvalue weighted by molar-refractivity contribution is 0.334. The first-order chi connectivity index (χ1) is 15.4. The highest BCUT2D eigenvalue weighted by molar-refractivity contribution is 7.89. The summed E-state index contributed by atoms with van der Waals surface area (Å²) >= 11 is 0. The minimum absolute atomic E-state index is 0.233. The van der Waals surface area contributed by atoms with Gasteiger partial charge < -0.3 is 0 Å². The van der Waals surface area contributed by atoms with Crippen LogP contribution >= 0.6 is 0 Å².